The van der Waals surface area contributed by atoms with E-state index in [0.29, 0.717) is 11.1 Å². The van der Waals surface area contributed by atoms with Gasteiger partial charge in [-0.25, -0.2) is 0 Å². The molecule has 0 unspecified atom stereocenters. The number of aromatic nitrogens is 4. The fourth-order valence-electron chi connectivity index (χ4n) is 2.27. The van der Waals surface area contributed by atoms with E-state index in [-0.39, 0.29) is 21.5 Å². The molecule has 1 aromatic carbocycles. The molecule has 0 fully saturated rings. The summed E-state index contributed by atoms with van der Waals surface area (Å²) in [5.41, 5.74) is 6.75. The first-order valence-electron chi connectivity index (χ1n) is 6.43. The molecule has 6 nitrogen and oxygen atoms in total. The Morgan fingerprint density at radius 1 is 1.26 bits per heavy atom. The van der Waals surface area contributed by atoms with E-state index in [4.69, 9.17) is 5.73 Å². The van der Waals surface area contributed by atoms with Gasteiger partial charge in [-0.1, -0.05) is 12.1 Å². The van der Waals surface area contributed by atoms with Crippen molar-refractivity contribution in [1.82, 2.24) is 20.0 Å². The highest BCUT2D eigenvalue weighted by Gasteiger charge is 2.32. The second kappa shape index (κ2) is 5.27. The van der Waals surface area contributed by atoms with E-state index in [0.717, 1.165) is 6.20 Å². The molecule has 1 amide bonds. The molecule has 0 aliphatic carbocycles. The van der Waals surface area contributed by atoms with Gasteiger partial charge in [0.25, 0.3) is 0 Å². The van der Waals surface area contributed by atoms with E-state index >= 15 is 0 Å². The first-order chi connectivity index (χ1) is 10.9. The Morgan fingerprint density at radius 3 is 2.61 bits per heavy atom. The number of alkyl halides is 3. The number of nitrogens with one attached hydrogen (secondary N) is 1. The van der Waals surface area contributed by atoms with E-state index in [1.807, 2.05) is 0 Å². The van der Waals surface area contributed by atoms with Crippen LogP contribution >= 0.6 is 0 Å². The maximum Gasteiger partial charge on any atom is 0.504 e. The Bertz CT molecular complexity index is 852. The minimum absolute atomic E-state index is 0.00655. The number of H-pyrrole nitrogens is 1. The van der Waals surface area contributed by atoms with E-state index < -0.39 is 12.2 Å². The van der Waals surface area contributed by atoms with Crippen LogP contribution in [0.4, 0.5) is 13.2 Å². The SMILES string of the molecule is NC(=O)c1cccc(-c2cn[nH]c2)c1-c1ccn(C(F)(F)F)n1. The lowest BCUT2D eigenvalue weighted by atomic mass is 9.94. The van der Waals surface area contributed by atoms with Crippen LogP contribution in [0.5, 0.6) is 0 Å². The number of hydrogen-bond donors (Lipinski definition) is 2. The second-order valence-corrected chi connectivity index (χ2v) is 4.69. The molecule has 9 heteroatoms. The number of rotatable bonds is 3. The Kier molecular flexibility index (Phi) is 3.40. The van der Waals surface area contributed by atoms with Crippen molar-refractivity contribution in [3.05, 3.63) is 48.4 Å². The topological polar surface area (TPSA) is 89.6 Å². The normalized spacial score (nSPS) is 11.6. The van der Waals surface area contributed by atoms with Crippen molar-refractivity contribution >= 4 is 5.91 Å². The van der Waals surface area contributed by atoms with Gasteiger partial charge >= 0.3 is 6.30 Å². The molecule has 3 rings (SSSR count). The quantitative estimate of drug-likeness (QED) is 0.776. The molecule has 0 atom stereocenters. The van der Waals surface area contributed by atoms with Crippen molar-refractivity contribution in [2.75, 3.05) is 0 Å². The largest absolute Gasteiger partial charge is 0.504 e. The number of benzene rings is 1. The number of carbonyl (C=O) groups excluding carboxylic acids is 1. The van der Waals surface area contributed by atoms with Crippen molar-refractivity contribution in [1.29, 1.82) is 0 Å². The third-order valence-electron chi connectivity index (χ3n) is 3.24. The highest BCUT2D eigenvalue weighted by atomic mass is 19.4. The van der Waals surface area contributed by atoms with Crippen LogP contribution in [0.3, 0.4) is 0 Å². The first-order valence-corrected chi connectivity index (χ1v) is 6.43. The number of carbonyl (C=O) groups is 1. The zero-order chi connectivity index (χ0) is 16.6. The summed E-state index contributed by atoms with van der Waals surface area (Å²) in [5, 5.41) is 9.94. The Balaban J connectivity index is 2.24. The van der Waals surface area contributed by atoms with Crippen LogP contribution < -0.4 is 5.73 Å². The lowest BCUT2D eigenvalue weighted by Crippen LogP contribution is -2.17. The van der Waals surface area contributed by atoms with E-state index in [1.165, 1.54) is 18.3 Å². The van der Waals surface area contributed by atoms with E-state index in [1.54, 1.807) is 18.3 Å². The molecule has 23 heavy (non-hydrogen) atoms. The van der Waals surface area contributed by atoms with Crippen molar-refractivity contribution in [2.45, 2.75) is 6.30 Å². The number of aromatic amines is 1. The molecule has 0 saturated carbocycles. The van der Waals surface area contributed by atoms with Gasteiger partial charge in [0.15, 0.2) is 0 Å². The second-order valence-electron chi connectivity index (χ2n) is 4.69. The molecule has 0 radical (unpaired) electrons. The number of nitrogens with zero attached hydrogens (tertiary/aromatic N) is 3. The Morgan fingerprint density at radius 2 is 2.04 bits per heavy atom. The average Bonchev–Trinajstić information content (AvgIpc) is 3.17. The van der Waals surface area contributed by atoms with Crippen LogP contribution in [0, 0.1) is 0 Å². The molecule has 3 aromatic rings. The smallest absolute Gasteiger partial charge is 0.366 e. The molecule has 0 aliphatic heterocycles. The van der Waals surface area contributed by atoms with Gasteiger partial charge in [0.2, 0.25) is 5.91 Å². The van der Waals surface area contributed by atoms with E-state index in [2.05, 4.69) is 15.3 Å². The van der Waals surface area contributed by atoms with Gasteiger partial charge in [-0.15, -0.1) is 13.2 Å². The third kappa shape index (κ3) is 2.68. The minimum atomic E-state index is -4.64. The number of hydrogen-bond acceptors (Lipinski definition) is 3. The zero-order valence-corrected chi connectivity index (χ0v) is 11.5. The van der Waals surface area contributed by atoms with Crippen LogP contribution in [0.15, 0.2) is 42.9 Å². The lowest BCUT2D eigenvalue weighted by molar-refractivity contribution is -0.212. The molecule has 0 spiro atoms. The van der Waals surface area contributed by atoms with Crippen molar-refractivity contribution in [2.24, 2.45) is 5.73 Å². The first kappa shape index (κ1) is 14.8. The van der Waals surface area contributed by atoms with Gasteiger partial charge in [0.1, 0.15) is 0 Å². The van der Waals surface area contributed by atoms with Gasteiger partial charge in [0.05, 0.1) is 11.9 Å². The van der Waals surface area contributed by atoms with Crippen LogP contribution in [0.1, 0.15) is 10.4 Å². The van der Waals surface area contributed by atoms with Crippen LogP contribution in [-0.4, -0.2) is 25.9 Å². The molecule has 0 aliphatic rings. The summed E-state index contributed by atoms with van der Waals surface area (Å²) in [6.07, 6.45) is -0.809. The molecule has 0 bridgehead atoms. The fraction of sp³-hybridized carbons (Fsp3) is 0.0714. The maximum atomic E-state index is 12.7. The summed E-state index contributed by atoms with van der Waals surface area (Å²) in [6.45, 7) is 0. The average molecular weight is 321 g/mol. The number of amides is 1. The lowest BCUT2D eigenvalue weighted by Gasteiger charge is -2.10. The molecule has 2 aromatic heterocycles. The maximum absolute atomic E-state index is 12.7. The van der Waals surface area contributed by atoms with Gasteiger partial charge in [-0.2, -0.15) is 14.9 Å². The molecular formula is C14H10F3N5O. The highest BCUT2D eigenvalue weighted by Crippen LogP contribution is 2.34. The molecule has 2 heterocycles. The van der Waals surface area contributed by atoms with Gasteiger partial charge in [0, 0.05) is 29.1 Å². The standard InChI is InChI=1S/C14H10F3N5O/c15-14(16,17)22-5-4-11(21-22)12-9(8-6-19-20-7-8)2-1-3-10(12)13(18)23/h1-7H,(H2,18,23)(H,19,20). The monoisotopic (exact) mass is 321 g/mol. The summed E-state index contributed by atoms with van der Waals surface area (Å²) >= 11 is 0. The molecular weight excluding hydrogens is 311 g/mol. The molecule has 118 valence electrons. The predicted molar refractivity (Wildman–Crippen MR) is 75.1 cm³/mol. The summed E-state index contributed by atoms with van der Waals surface area (Å²) in [6, 6.07) is 5.86. The summed E-state index contributed by atoms with van der Waals surface area (Å²) < 4.78 is 38.1. The van der Waals surface area contributed by atoms with Crippen LogP contribution in [-0.2, 0) is 6.30 Å². The van der Waals surface area contributed by atoms with Crippen molar-refractivity contribution < 1.29 is 18.0 Å². The van der Waals surface area contributed by atoms with Gasteiger partial charge < -0.3 is 5.73 Å². The van der Waals surface area contributed by atoms with Crippen molar-refractivity contribution in [3.8, 4) is 22.4 Å². The molecule has 3 N–H and O–H groups in total. The van der Waals surface area contributed by atoms with Crippen LogP contribution in [0.25, 0.3) is 22.4 Å². The fourth-order valence-corrected chi connectivity index (χ4v) is 2.27. The Hall–Kier alpha value is -3.10. The number of nitrogens with two attached hydrogens (primary N) is 1. The number of halogens is 3. The zero-order valence-electron chi connectivity index (χ0n) is 11.5. The van der Waals surface area contributed by atoms with Crippen LogP contribution in [0.2, 0.25) is 0 Å². The van der Waals surface area contributed by atoms with E-state index in [9.17, 15) is 18.0 Å². The minimum Gasteiger partial charge on any atom is -0.366 e. The predicted octanol–water partition coefficient (Wildman–Crippen LogP) is 2.52. The molecule has 0 saturated heterocycles. The third-order valence-corrected chi connectivity index (χ3v) is 3.24. The summed E-state index contributed by atoms with van der Waals surface area (Å²) in [5.74, 6) is -0.757. The van der Waals surface area contributed by atoms with Gasteiger partial charge in [-0.05, 0) is 17.7 Å². The van der Waals surface area contributed by atoms with Gasteiger partial charge in [-0.3, -0.25) is 9.89 Å². The summed E-state index contributed by atoms with van der Waals surface area (Å²) in [4.78, 5) is 11.7. The van der Waals surface area contributed by atoms with Crippen molar-refractivity contribution in [3.63, 3.8) is 0 Å². The Labute approximate surface area is 127 Å². The number of primary amides is 1. The highest BCUT2D eigenvalue weighted by molar-refractivity contribution is 6.03. The summed E-state index contributed by atoms with van der Waals surface area (Å²) in [7, 11) is 0.